The van der Waals surface area contributed by atoms with Crippen molar-refractivity contribution < 1.29 is 8.81 Å². The van der Waals surface area contributed by atoms with Crippen LogP contribution in [0.3, 0.4) is 0 Å². The summed E-state index contributed by atoms with van der Waals surface area (Å²) < 4.78 is 20.0. The third-order valence-electron chi connectivity index (χ3n) is 3.66. The average Bonchev–Trinajstić information content (AvgIpc) is 2.74. The Bertz CT molecular complexity index is 635. The van der Waals surface area contributed by atoms with E-state index in [-0.39, 0.29) is 11.2 Å². The Balaban J connectivity index is 2.54. The lowest BCUT2D eigenvalue weighted by molar-refractivity contribution is 0.457. The van der Waals surface area contributed by atoms with E-state index < -0.39 is 0 Å². The van der Waals surface area contributed by atoms with Gasteiger partial charge in [-0.25, -0.2) is 4.39 Å². The highest BCUT2D eigenvalue weighted by Gasteiger charge is 2.27. The third kappa shape index (κ3) is 3.29. The fourth-order valence-corrected chi connectivity index (χ4v) is 2.77. The molecule has 1 heterocycles. The summed E-state index contributed by atoms with van der Waals surface area (Å²) in [6, 6.07) is 3.31. The van der Waals surface area contributed by atoms with Gasteiger partial charge in [0.25, 0.3) is 0 Å². The van der Waals surface area contributed by atoms with Crippen LogP contribution >= 0.6 is 0 Å². The van der Waals surface area contributed by atoms with Crippen molar-refractivity contribution in [2.24, 2.45) is 5.92 Å². The maximum atomic E-state index is 14.1. The first-order valence-corrected chi connectivity index (χ1v) is 7.63. The predicted molar refractivity (Wildman–Crippen MR) is 86.2 cm³/mol. The molecule has 2 nitrogen and oxygen atoms in total. The van der Waals surface area contributed by atoms with Crippen LogP contribution in [0.2, 0.25) is 0 Å². The minimum Gasteiger partial charge on any atom is -0.456 e. The van der Waals surface area contributed by atoms with Crippen LogP contribution in [0.25, 0.3) is 11.0 Å². The average molecular weight is 291 g/mol. The zero-order chi connectivity index (χ0) is 15.8. The lowest BCUT2D eigenvalue weighted by atomic mass is 9.83. The van der Waals surface area contributed by atoms with Crippen molar-refractivity contribution >= 4 is 11.0 Å². The second-order valence-corrected chi connectivity index (χ2v) is 7.24. The van der Waals surface area contributed by atoms with E-state index in [1.165, 1.54) is 6.07 Å². The van der Waals surface area contributed by atoms with Gasteiger partial charge in [-0.3, -0.25) is 0 Å². The second kappa shape index (κ2) is 5.80. The molecule has 0 radical (unpaired) electrons. The maximum absolute atomic E-state index is 14.1. The highest BCUT2D eigenvalue weighted by molar-refractivity contribution is 5.87. The zero-order valence-corrected chi connectivity index (χ0v) is 13.9. The Morgan fingerprint density at radius 3 is 2.48 bits per heavy atom. The molecule has 1 N–H and O–H groups in total. The largest absolute Gasteiger partial charge is 0.456 e. The minimum absolute atomic E-state index is 0.0847. The molecular weight excluding hydrogens is 265 g/mol. The Hall–Kier alpha value is -1.35. The molecule has 0 unspecified atom stereocenters. The quantitative estimate of drug-likeness (QED) is 0.864. The first kappa shape index (κ1) is 16.0. The molecule has 0 atom stereocenters. The molecule has 21 heavy (non-hydrogen) atoms. The summed E-state index contributed by atoms with van der Waals surface area (Å²) in [7, 11) is 0. The van der Waals surface area contributed by atoms with E-state index in [0.717, 1.165) is 28.8 Å². The summed E-state index contributed by atoms with van der Waals surface area (Å²) in [5, 5.41) is 4.33. The number of nitrogens with one attached hydrogen (secondary N) is 1. The number of aryl methyl sites for hydroxylation is 1. The van der Waals surface area contributed by atoms with Gasteiger partial charge in [0.15, 0.2) is 11.4 Å². The first-order chi connectivity index (χ1) is 9.71. The first-order valence-electron chi connectivity index (χ1n) is 7.63. The summed E-state index contributed by atoms with van der Waals surface area (Å²) in [6.07, 6.45) is 0. The van der Waals surface area contributed by atoms with Crippen molar-refractivity contribution in [3.63, 3.8) is 0 Å². The Morgan fingerprint density at radius 2 is 1.90 bits per heavy atom. The third-order valence-corrected chi connectivity index (χ3v) is 3.66. The van der Waals surface area contributed by atoms with Crippen LogP contribution in [0.1, 0.15) is 51.5 Å². The molecule has 1 aromatic carbocycles. The number of furan rings is 1. The number of benzene rings is 1. The van der Waals surface area contributed by atoms with Gasteiger partial charge in [0.05, 0.1) is 6.54 Å². The van der Waals surface area contributed by atoms with Crippen molar-refractivity contribution in [1.29, 1.82) is 0 Å². The van der Waals surface area contributed by atoms with Gasteiger partial charge in [-0.15, -0.1) is 0 Å². The molecule has 0 amide bonds. The number of hydrogen-bond acceptors (Lipinski definition) is 2. The fourth-order valence-electron chi connectivity index (χ4n) is 2.77. The topological polar surface area (TPSA) is 25.2 Å². The molecule has 0 fully saturated rings. The molecule has 1 aromatic heterocycles. The monoisotopic (exact) mass is 291 g/mol. The van der Waals surface area contributed by atoms with Gasteiger partial charge in [-0.2, -0.15) is 0 Å². The molecule has 0 saturated heterocycles. The normalized spacial score (nSPS) is 12.6. The molecule has 2 aromatic rings. The number of halogens is 1. The summed E-state index contributed by atoms with van der Waals surface area (Å²) in [5.74, 6) is 1.15. The lowest BCUT2D eigenvalue weighted by Crippen LogP contribution is -2.21. The Kier molecular flexibility index (Phi) is 4.43. The molecule has 0 spiro atoms. The van der Waals surface area contributed by atoms with Crippen molar-refractivity contribution in [3.05, 3.63) is 34.8 Å². The van der Waals surface area contributed by atoms with E-state index in [4.69, 9.17) is 4.42 Å². The van der Waals surface area contributed by atoms with E-state index in [2.05, 4.69) is 39.9 Å². The molecule has 0 aliphatic carbocycles. The number of fused-ring (bicyclic) bond motifs is 1. The summed E-state index contributed by atoms with van der Waals surface area (Å²) >= 11 is 0. The van der Waals surface area contributed by atoms with Crippen LogP contribution in [0, 0.1) is 18.7 Å². The molecule has 3 heteroatoms. The molecule has 0 bridgehead atoms. The van der Waals surface area contributed by atoms with Gasteiger partial charge in [-0.05, 0) is 36.4 Å². The van der Waals surface area contributed by atoms with E-state index in [1.807, 2.05) is 13.0 Å². The highest BCUT2D eigenvalue weighted by Crippen LogP contribution is 2.38. The van der Waals surface area contributed by atoms with Crippen LogP contribution in [-0.4, -0.2) is 6.54 Å². The van der Waals surface area contributed by atoms with Crippen molar-refractivity contribution in [2.45, 2.75) is 53.5 Å². The smallest absolute Gasteiger partial charge is 0.170 e. The second-order valence-electron chi connectivity index (χ2n) is 7.24. The van der Waals surface area contributed by atoms with Crippen LogP contribution < -0.4 is 5.32 Å². The predicted octanol–water partition coefficient (Wildman–Crippen LogP) is 4.92. The van der Waals surface area contributed by atoms with E-state index in [1.54, 1.807) is 0 Å². The van der Waals surface area contributed by atoms with Crippen LogP contribution in [-0.2, 0) is 12.0 Å². The van der Waals surface area contributed by atoms with Crippen molar-refractivity contribution in [3.8, 4) is 0 Å². The number of hydrogen-bond donors (Lipinski definition) is 1. The highest BCUT2D eigenvalue weighted by atomic mass is 19.1. The van der Waals surface area contributed by atoms with E-state index in [9.17, 15) is 4.39 Å². The van der Waals surface area contributed by atoms with Crippen molar-refractivity contribution in [1.82, 2.24) is 5.32 Å². The molecule has 0 aliphatic heterocycles. The Morgan fingerprint density at radius 1 is 1.24 bits per heavy atom. The molecule has 0 saturated carbocycles. The van der Waals surface area contributed by atoms with Crippen LogP contribution in [0.15, 0.2) is 16.5 Å². The lowest BCUT2D eigenvalue weighted by Gasteiger charge is -2.20. The van der Waals surface area contributed by atoms with Gasteiger partial charge >= 0.3 is 0 Å². The van der Waals surface area contributed by atoms with E-state index in [0.29, 0.717) is 18.0 Å². The summed E-state index contributed by atoms with van der Waals surface area (Å²) in [6.45, 7) is 14.3. The number of rotatable bonds is 4. The van der Waals surface area contributed by atoms with Gasteiger partial charge in [0.2, 0.25) is 0 Å². The van der Waals surface area contributed by atoms with Gasteiger partial charge in [-0.1, -0.05) is 40.7 Å². The molecular formula is C18H26FNO. The minimum atomic E-state index is -0.281. The van der Waals surface area contributed by atoms with Gasteiger partial charge < -0.3 is 9.73 Å². The van der Waals surface area contributed by atoms with Crippen LogP contribution in [0.4, 0.5) is 4.39 Å². The fraction of sp³-hybridized carbons (Fsp3) is 0.556. The SMILES string of the molecule is Cc1ccc(F)c2oc(CNCC(C)C)c(C(C)(C)C)c12. The van der Waals surface area contributed by atoms with E-state index >= 15 is 0 Å². The van der Waals surface area contributed by atoms with Crippen molar-refractivity contribution in [2.75, 3.05) is 6.54 Å². The summed E-state index contributed by atoms with van der Waals surface area (Å²) in [4.78, 5) is 0. The Labute approximate surface area is 126 Å². The molecule has 0 aliphatic rings. The summed E-state index contributed by atoms with van der Waals surface area (Å²) in [5.41, 5.74) is 2.49. The van der Waals surface area contributed by atoms with Crippen LogP contribution in [0.5, 0.6) is 0 Å². The molecule has 2 rings (SSSR count). The maximum Gasteiger partial charge on any atom is 0.170 e. The van der Waals surface area contributed by atoms with Gasteiger partial charge in [0.1, 0.15) is 5.76 Å². The van der Waals surface area contributed by atoms with Gasteiger partial charge in [0, 0.05) is 10.9 Å². The standard InChI is InChI=1S/C18H26FNO/c1-11(2)9-20-10-14-16(18(4,5)6)15-12(3)7-8-13(19)17(15)21-14/h7-8,11,20H,9-10H2,1-6H3. The molecule has 116 valence electrons. The zero-order valence-electron chi connectivity index (χ0n) is 13.9.